The fourth-order valence-electron chi connectivity index (χ4n) is 4.09. The van der Waals surface area contributed by atoms with Crippen molar-refractivity contribution in [2.45, 2.75) is 19.5 Å². The molecule has 0 saturated heterocycles. The van der Waals surface area contributed by atoms with Crippen LogP contribution in [0.4, 0.5) is 5.82 Å². The van der Waals surface area contributed by atoms with Crippen LogP contribution in [0.3, 0.4) is 0 Å². The fourth-order valence-corrected chi connectivity index (χ4v) is 4.09. The second kappa shape index (κ2) is 6.71. The van der Waals surface area contributed by atoms with Gasteiger partial charge in [-0.2, -0.15) is 0 Å². The molecule has 146 valence electrons. The molecular weight excluding hydrogens is 376 g/mol. The highest BCUT2D eigenvalue weighted by atomic mass is 16.1. The molecule has 4 aromatic rings. The van der Waals surface area contributed by atoms with Crippen molar-refractivity contribution in [2.75, 3.05) is 5.73 Å². The zero-order valence-corrected chi connectivity index (χ0v) is 16.3. The predicted molar refractivity (Wildman–Crippen MR) is 117 cm³/mol. The average molecular weight is 394 g/mol. The van der Waals surface area contributed by atoms with Gasteiger partial charge in [-0.05, 0) is 30.6 Å². The molecule has 7 nitrogen and oxygen atoms in total. The Morgan fingerprint density at radius 3 is 2.97 bits per heavy atom. The first-order valence-corrected chi connectivity index (χ1v) is 9.48. The van der Waals surface area contributed by atoms with Crippen LogP contribution in [0.15, 0.2) is 49.4 Å². The average Bonchev–Trinajstić information content (AvgIpc) is 3.23. The number of carbonyl (C=O) groups is 1. The Morgan fingerprint density at radius 2 is 2.13 bits per heavy atom. The second-order valence-corrected chi connectivity index (χ2v) is 7.13. The lowest BCUT2D eigenvalue weighted by Crippen LogP contribution is -2.34. The number of carbonyl (C=O) groups excluding carboxylic acids is 1. The summed E-state index contributed by atoms with van der Waals surface area (Å²) in [4.78, 5) is 25.3. The van der Waals surface area contributed by atoms with Crippen molar-refractivity contribution >= 4 is 39.2 Å². The van der Waals surface area contributed by atoms with Crippen molar-refractivity contribution in [3.05, 3.63) is 55.1 Å². The van der Waals surface area contributed by atoms with Crippen molar-refractivity contribution in [3.63, 3.8) is 0 Å². The van der Waals surface area contributed by atoms with Crippen LogP contribution in [-0.2, 0) is 11.3 Å². The Labute approximate surface area is 172 Å². The van der Waals surface area contributed by atoms with Gasteiger partial charge in [-0.15, -0.1) is 0 Å². The topological polar surface area (TPSA) is 98.7 Å². The van der Waals surface area contributed by atoms with Gasteiger partial charge in [0.25, 0.3) is 5.91 Å². The Balaban J connectivity index is 1.73. The van der Waals surface area contributed by atoms with Gasteiger partial charge in [0.1, 0.15) is 17.8 Å². The number of nitrogens with one attached hydrogen (secondary N) is 1. The number of nitrogens with two attached hydrogens (primary N) is 1. The Kier molecular flexibility index (Phi) is 4.00. The molecule has 1 amide bonds. The van der Waals surface area contributed by atoms with Crippen LogP contribution in [0.1, 0.15) is 12.6 Å². The number of aromatic nitrogens is 4. The quantitative estimate of drug-likeness (QED) is 0.510. The standard InChI is InChI=1S/C23H18N6O/c1-3-6-18(30)28-17-11-29-21(13(17)2)19(20-22(24)26-12-27-23(20)29)15-9-14-7-4-5-8-16(14)25-10-15/h4-5,7-10,12,17H,2,11H2,1H3,(H,28,30)(H2,24,26,27)/t17-/m1/s1. The number of fused-ring (bicyclic) bond motifs is 4. The zero-order chi connectivity index (χ0) is 20.8. The van der Waals surface area contributed by atoms with E-state index in [4.69, 9.17) is 5.73 Å². The maximum Gasteiger partial charge on any atom is 0.296 e. The fraction of sp³-hybridized carbons (Fsp3) is 0.130. The van der Waals surface area contributed by atoms with Crippen molar-refractivity contribution in [2.24, 2.45) is 0 Å². The molecule has 3 N–H and O–H groups in total. The van der Waals surface area contributed by atoms with Crippen LogP contribution >= 0.6 is 0 Å². The lowest BCUT2D eigenvalue weighted by atomic mass is 9.98. The largest absolute Gasteiger partial charge is 0.383 e. The summed E-state index contributed by atoms with van der Waals surface area (Å²) in [5.41, 5.74) is 11.3. The minimum atomic E-state index is -0.332. The van der Waals surface area contributed by atoms with Gasteiger partial charge in [-0.3, -0.25) is 9.78 Å². The number of hydrogen-bond donors (Lipinski definition) is 2. The number of pyridine rings is 1. The second-order valence-electron chi connectivity index (χ2n) is 7.13. The maximum absolute atomic E-state index is 12.0. The highest BCUT2D eigenvalue weighted by molar-refractivity contribution is 6.08. The molecule has 0 bridgehead atoms. The SMILES string of the molecule is C=C1c2c(-c3cnc4ccccc4c3)c3c(N)ncnc3n2C[C@H]1NC(=O)C#CC. The number of nitrogens with zero attached hydrogens (tertiary/aromatic N) is 4. The molecule has 0 fully saturated rings. The summed E-state index contributed by atoms with van der Waals surface area (Å²) in [6.45, 7) is 6.40. The maximum atomic E-state index is 12.0. The van der Waals surface area contributed by atoms with Crippen molar-refractivity contribution < 1.29 is 4.79 Å². The number of rotatable bonds is 2. The summed E-state index contributed by atoms with van der Waals surface area (Å²) >= 11 is 0. The number of nitrogen functional groups attached to an aromatic ring is 1. The van der Waals surface area contributed by atoms with E-state index >= 15 is 0 Å². The van der Waals surface area contributed by atoms with Crippen molar-refractivity contribution in [1.82, 2.24) is 24.8 Å². The van der Waals surface area contributed by atoms with Crippen LogP contribution < -0.4 is 11.1 Å². The smallest absolute Gasteiger partial charge is 0.296 e. The number of hydrogen-bond acceptors (Lipinski definition) is 5. The Bertz CT molecular complexity index is 1420. The normalized spacial score (nSPS) is 15.1. The molecule has 0 aliphatic carbocycles. The molecule has 5 rings (SSSR count). The Morgan fingerprint density at radius 1 is 1.30 bits per heavy atom. The van der Waals surface area contributed by atoms with Crippen LogP contribution in [0.25, 0.3) is 38.6 Å². The van der Waals surface area contributed by atoms with Gasteiger partial charge in [0.15, 0.2) is 0 Å². The van der Waals surface area contributed by atoms with E-state index in [0.717, 1.165) is 38.7 Å². The molecule has 30 heavy (non-hydrogen) atoms. The van der Waals surface area contributed by atoms with E-state index in [1.54, 1.807) is 6.92 Å². The van der Waals surface area contributed by atoms with Gasteiger partial charge >= 0.3 is 0 Å². The molecule has 1 aromatic carbocycles. The summed E-state index contributed by atoms with van der Waals surface area (Å²) in [6, 6.07) is 9.73. The van der Waals surface area contributed by atoms with Gasteiger partial charge in [-0.25, -0.2) is 9.97 Å². The highest BCUT2D eigenvalue weighted by Crippen LogP contribution is 2.43. The third-order valence-electron chi connectivity index (χ3n) is 5.38. The lowest BCUT2D eigenvalue weighted by Gasteiger charge is -2.13. The summed E-state index contributed by atoms with van der Waals surface area (Å²) in [7, 11) is 0. The molecule has 1 aliphatic rings. The van der Waals surface area contributed by atoms with E-state index < -0.39 is 0 Å². The number of para-hydroxylation sites is 1. The minimum Gasteiger partial charge on any atom is -0.383 e. The molecule has 0 radical (unpaired) electrons. The van der Waals surface area contributed by atoms with E-state index in [0.29, 0.717) is 18.0 Å². The van der Waals surface area contributed by atoms with Crippen LogP contribution in [0.2, 0.25) is 0 Å². The van der Waals surface area contributed by atoms with Gasteiger partial charge in [-0.1, -0.05) is 30.7 Å². The molecule has 0 spiro atoms. The summed E-state index contributed by atoms with van der Waals surface area (Å²) in [6.07, 6.45) is 3.27. The number of benzene rings is 1. The lowest BCUT2D eigenvalue weighted by molar-refractivity contribution is -0.116. The van der Waals surface area contributed by atoms with Gasteiger partial charge < -0.3 is 15.6 Å². The first-order chi connectivity index (χ1) is 14.6. The van der Waals surface area contributed by atoms with E-state index in [1.807, 2.05) is 35.0 Å². The molecule has 0 unspecified atom stereocenters. The van der Waals surface area contributed by atoms with Crippen LogP contribution in [0, 0.1) is 11.8 Å². The monoisotopic (exact) mass is 394 g/mol. The van der Waals surface area contributed by atoms with E-state index in [9.17, 15) is 4.79 Å². The van der Waals surface area contributed by atoms with Crippen LogP contribution in [0.5, 0.6) is 0 Å². The molecular formula is C23H18N6O. The first kappa shape index (κ1) is 17.9. The third kappa shape index (κ3) is 2.62. The van der Waals surface area contributed by atoms with E-state index in [1.165, 1.54) is 6.33 Å². The molecule has 3 aromatic heterocycles. The summed E-state index contributed by atoms with van der Waals surface area (Å²) < 4.78 is 2.03. The van der Waals surface area contributed by atoms with E-state index in [-0.39, 0.29) is 11.9 Å². The van der Waals surface area contributed by atoms with E-state index in [2.05, 4.69) is 44.8 Å². The zero-order valence-electron chi connectivity index (χ0n) is 16.3. The van der Waals surface area contributed by atoms with Crippen molar-refractivity contribution in [3.8, 4) is 23.0 Å². The predicted octanol–water partition coefficient (Wildman–Crippen LogP) is 2.76. The molecule has 1 aliphatic heterocycles. The molecule has 4 heterocycles. The summed E-state index contributed by atoms with van der Waals surface area (Å²) in [5, 5.41) is 4.71. The molecule has 7 heteroatoms. The number of anilines is 1. The van der Waals surface area contributed by atoms with Gasteiger partial charge in [0, 0.05) is 29.3 Å². The van der Waals surface area contributed by atoms with Gasteiger partial charge in [0.05, 0.1) is 22.6 Å². The van der Waals surface area contributed by atoms with Crippen LogP contribution in [-0.4, -0.2) is 31.5 Å². The third-order valence-corrected chi connectivity index (χ3v) is 5.38. The molecule has 0 saturated carbocycles. The first-order valence-electron chi connectivity index (χ1n) is 9.48. The number of amides is 1. The molecule has 1 atom stereocenters. The highest BCUT2D eigenvalue weighted by Gasteiger charge is 2.34. The summed E-state index contributed by atoms with van der Waals surface area (Å²) in [5.74, 6) is 5.20. The minimum absolute atomic E-state index is 0.277. The van der Waals surface area contributed by atoms with Gasteiger partial charge in [0.2, 0.25) is 0 Å². The Hall–Kier alpha value is -4.18. The van der Waals surface area contributed by atoms with Crippen molar-refractivity contribution in [1.29, 1.82) is 0 Å².